The third-order valence-corrected chi connectivity index (χ3v) is 2.72. The molecule has 0 N–H and O–H groups in total. The molecule has 2 rings (SSSR count). The first-order valence-electron chi connectivity index (χ1n) is 5.37. The Kier molecular flexibility index (Phi) is 3.22. The van der Waals surface area contributed by atoms with Gasteiger partial charge in [0.25, 0.3) is 5.69 Å². The first-order valence-corrected chi connectivity index (χ1v) is 5.37. The summed E-state index contributed by atoms with van der Waals surface area (Å²) >= 11 is 0. The van der Waals surface area contributed by atoms with Crippen LogP contribution in [0.4, 0.5) is 14.5 Å². The summed E-state index contributed by atoms with van der Waals surface area (Å²) in [5.41, 5.74) is 1.01. The molecule has 0 spiro atoms. The lowest BCUT2D eigenvalue weighted by Gasteiger charge is -2.03. The Morgan fingerprint density at radius 2 is 2.22 bits per heavy atom. The second-order valence-corrected chi connectivity index (χ2v) is 4.00. The van der Waals surface area contributed by atoms with E-state index < -0.39 is 11.3 Å². The Hall–Kier alpha value is -2.05. The van der Waals surface area contributed by atoms with Gasteiger partial charge in [0.05, 0.1) is 16.6 Å². The SMILES string of the molecule is Cc1cc2cnn(CCC(F)F)c2cc1[N+](=O)[O-]. The molecule has 96 valence electrons. The molecule has 0 aliphatic rings. The number of nitro benzene ring substituents is 1. The number of nitrogens with zero attached hydrogens (tertiary/aromatic N) is 3. The van der Waals surface area contributed by atoms with Crippen LogP contribution in [0.1, 0.15) is 12.0 Å². The normalized spacial score (nSPS) is 11.3. The first kappa shape index (κ1) is 12.4. The lowest BCUT2D eigenvalue weighted by Crippen LogP contribution is -2.04. The Labute approximate surface area is 101 Å². The zero-order valence-electron chi connectivity index (χ0n) is 9.64. The molecule has 2 aromatic rings. The smallest absolute Gasteiger partial charge is 0.264 e. The molecule has 0 fully saturated rings. The molecule has 0 saturated heterocycles. The molecule has 0 aliphatic heterocycles. The molecule has 0 radical (unpaired) electrons. The van der Waals surface area contributed by atoms with Gasteiger partial charge in [-0.1, -0.05) is 0 Å². The van der Waals surface area contributed by atoms with Gasteiger partial charge in [-0.3, -0.25) is 14.8 Å². The van der Waals surface area contributed by atoms with Gasteiger partial charge in [-0.2, -0.15) is 5.10 Å². The monoisotopic (exact) mass is 255 g/mol. The summed E-state index contributed by atoms with van der Waals surface area (Å²) in [6.07, 6.45) is -1.21. The zero-order chi connectivity index (χ0) is 13.3. The number of fused-ring (bicyclic) bond motifs is 1. The predicted molar refractivity (Wildman–Crippen MR) is 61.7 cm³/mol. The maximum absolute atomic E-state index is 12.1. The van der Waals surface area contributed by atoms with Crippen LogP contribution in [0.25, 0.3) is 10.9 Å². The molecular weight excluding hydrogens is 244 g/mol. The fourth-order valence-electron chi connectivity index (χ4n) is 1.82. The maximum atomic E-state index is 12.1. The number of halogens is 2. The minimum Gasteiger partial charge on any atom is -0.264 e. The number of rotatable bonds is 4. The van der Waals surface area contributed by atoms with Gasteiger partial charge >= 0.3 is 0 Å². The summed E-state index contributed by atoms with van der Waals surface area (Å²) in [4.78, 5) is 10.3. The first-order chi connectivity index (χ1) is 8.49. The minimum atomic E-state index is -2.41. The molecular formula is C11H11F2N3O2. The molecule has 5 nitrogen and oxygen atoms in total. The lowest BCUT2D eigenvalue weighted by atomic mass is 10.1. The molecule has 1 heterocycles. The summed E-state index contributed by atoms with van der Waals surface area (Å²) in [7, 11) is 0. The van der Waals surface area contributed by atoms with Crippen LogP contribution in [-0.2, 0) is 6.54 Å². The van der Waals surface area contributed by atoms with E-state index in [1.807, 2.05) is 0 Å². The molecule has 0 atom stereocenters. The molecule has 0 unspecified atom stereocenters. The van der Waals surface area contributed by atoms with Crippen molar-refractivity contribution in [1.82, 2.24) is 9.78 Å². The molecule has 7 heteroatoms. The number of aromatic nitrogens is 2. The van der Waals surface area contributed by atoms with E-state index in [2.05, 4.69) is 5.10 Å². The van der Waals surface area contributed by atoms with Crippen molar-refractivity contribution in [2.75, 3.05) is 0 Å². The van der Waals surface area contributed by atoms with Crippen LogP contribution >= 0.6 is 0 Å². The van der Waals surface area contributed by atoms with Crippen LogP contribution < -0.4 is 0 Å². The summed E-state index contributed by atoms with van der Waals surface area (Å²) in [6, 6.07) is 3.02. The topological polar surface area (TPSA) is 61.0 Å². The molecule has 0 amide bonds. The van der Waals surface area contributed by atoms with E-state index in [9.17, 15) is 18.9 Å². The van der Waals surface area contributed by atoms with Crippen LogP contribution in [0, 0.1) is 17.0 Å². The van der Waals surface area contributed by atoms with E-state index in [1.165, 1.54) is 16.9 Å². The highest BCUT2D eigenvalue weighted by atomic mass is 19.3. The summed E-state index contributed by atoms with van der Waals surface area (Å²) in [5.74, 6) is 0. The number of hydrogen-bond acceptors (Lipinski definition) is 3. The van der Waals surface area contributed by atoms with Gasteiger partial charge in [-0.05, 0) is 13.0 Å². The van der Waals surface area contributed by atoms with Crippen LogP contribution in [0.5, 0.6) is 0 Å². The number of nitro groups is 1. The minimum absolute atomic E-state index is 0.0266. The number of benzene rings is 1. The van der Waals surface area contributed by atoms with Crippen LogP contribution in [0.3, 0.4) is 0 Å². The third kappa shape index (κ3) is 2.29. The van der Waals surface area contributed by atoms with Crippen molar-refractivity contribution >= 4 is 16.6 Å². The maximum Gasteiger partial charge on any atom is 0.274 e. The highest BCUT2D eigenvalue weighted by Crippen LogP contribution is 2.25. The van der Waals surface area contributed by atoms with Crippen LogP contribution in [0.15, 0.2) is 18.3 Å². The van der Waals surface area contributed by atoms with Crippen molar-refractivity contribution < 1.29 is 13.7 Å². The number of aryl methyl sites for hydroxylation is 2. The molecule has 0 bridgehead atoms. The quantitative estimate of drug-likeness (QED) is 0.623. The van der Waals surface area contributed by atoms with E-state index in [-0.39, 0.29) is 18.7 Å². The van der Waals surface area contributed by atoms with Gasteiger partial charge in [0, 0.05) is 30.0 Å². The van der Waals surface area contributed by atoms with E-state index in [0.717, 1.165) is 0 Å². The van der Waals surface area contributed by atoms with Crippen molar-refractivity contribution in [3.63, 3.8) is 0 Å². The number of alkyl halides is 2. The largest absolute Gasteiger partial charge is 0.274 e. The second-order valence-electron chi connectivity index (χ2n) is 4.00. The van der Waals surface area contributed by atoms with Gasteiger partial charge in [0.15, 0.2) is 0 Å². The summed E-state index contributed by atoms with van der Waals surface area (Å²) in [5, 5.41) is 15.5. The fraction of sp³-hybridized carbons (Fsp3) is 0.364. The summed E-state index contributed by atoms with van der Waals surface area (Å²) < 4.78 is 25.7. The van der Waals surface area contributed by atoms with Gasteiger partial charge in [-0.15, -0.1) is 0 Å². The predicted octanol–water partition coefficient (Wildman–Crippen LogP) is 2.91. The standard InChI is InChI=1S/C11H11F2N3O2/c1-7-4-8-6-14-15(3-2-11(12)13)10(8)5-9(7)16(17)18/h4-6,11H,2-3H2,1H3. The third-order valence-electron chi connectivity index (χ3n) is 2.72. The Morgan fingerprint density at radius 3 is 2.83 bits per heavy atom. The van der Waals surface area contributed by atoms with Gasteiger partial charge in [0.2, 0.25) is 6.43 Å². The second kappa shape index (κ2) is 4.67. The summed E-state index contributed by atoms with van der Waals surface area (Å²) in [6.45, 7) is 1.68. The van der Waals surface area contributed by atoms with Crippen LogP contribution in [0.2, 0.25) is 0 Å². The average molecular weight is 255 g/mol. The van der Waals surface area contributed by atoms with Crippen molar-refractivity contribution in [2.24, 2.45) is 0 Å². The highest BCUT2D eigenvalue weighted by molar-refractivity contribution is 5.82. The van der Waals surface area contributed by atoms with Crippen molar-refractivity contribution in [1.29, 1.82) is 0 Å². The van der Waals surface area contributed by atoms with Crippen LogP contribution in [-0.4, -0.2) is 21.1 Å². The van der Waals surface area contributed by atoms with Gasteiger partial charge < -0.3 is 0 Å². The van der Waals surface area contributed by atoms with Gasteiger partial charge in [0.1, 0.15) is 0 Å². The van der Waals surface area contributed by atoms with E-state index in [4.69, 9.17) is 0 Å². The fourth-order valence-corrected chi connectivity index (χ4v) is 1.82. The van der Waals surface area contributed by atoms with Crippen molar-refractivity contribution in [3.05, 3.63) is 34.0 Å². The van der Waals surface area contributed by atoms with E-state index >= 15 is 0 Å². The van der Waals surface area contributed by atoms with Crippen molar-refractivity contribution in [3.8, 4) is 0 Å². The van der Waals surface area contributed by atoms with Crippen molar-refractivity contribution in [2.45, 2.75) is 26.3 Å². The Bertz CT molecular complexity index is 595. The molecule has 1 aromatic heterocycles. The highest BCUT2D eigenvalue weighted by Gasteiger charge is 2.15. The average Bonchev–Trinajstić information content (AvgIpc) is 2.67. The van der Waals surface area contributed by atoms with E-state index in [0.29, 0.717) is 16.5 Å². The van der Waals surface area contributed by atoms with Gasteiger partial charge in [-0.25, -0.2) is 8.78 Å². The Morgan fingerprint density at radius 1 is 1.50 bits per heavy atom. The molecule has 18 heavy (non-hydrogen) atoms. The molecule has 0 saturated carbocycles. The Balaban J connectivity index is 2.44. The molecule has 0 aliphatic carbocycles. The van der Waals surface area contributed by atoms with E-state index in [1.54, 1.807) is 13.0 Å². The number of hydrogen-bond donors (Lipinski definition) is 0. The molecule has 1 aromatic carbocycles. The zero-order valence-corrected chi connectivity index (χ0v) is 9.64. The lowest BCUT2D eigenvalue weighted by molar-refractivity contribution is -0.385.